The molecular formula is C17H22ClN2O3S+. The lowest BCUT2D eigenvalue weighted by molar-refractivity contribution is -0.925. The summed E-state index contributed by atoms with van der Waals surface area (Å²) in [6, 6.07) is 7.57. The van der Waals surface area contributed by atoms with Gasteiger partial charge in [0.1, 0.15) is 11.8 Å². The Kier molecular flexibility index (Phi) is 5.27. The second kappa shape index (κ2) is 7.25. The monoisotopic (exact) mass is 369 g/mol. The predicted molar refractivity (Wildman–Crippen MR) is 94.8 cm³/mol. The molecule has 130 valence electrons. The van der Waals surface area contributed by atoms with Crippen molar-refractivity contribution in [3.05, 3.63) is 40.9 Å². The van der Waals surface area contributed by atoms with Crippen LogP contribution in [0.2, 0.25) is 5.02 Å². The van der Waals surface area contributed by atoms with Crippen molar-refractivity contribution in [3.8, 4) is 0 Å². The van der Waals surface area contributed by atoms with Crippen LogP contribution in [0.1, 0.15) is 12.0 Å². The molecule has 5 nitrogen and oxygen atoms in total. The van der Waals surface area contributed by atoms with Gasteiger partial charge >= 0.3 is 0 Å². The van der Waals surface area contributed by atoms with Gasteiger partial charge in [0.15, 0.2) is 9.84 Å². The molecule has 1 amide bonds. The number of carbonyl (C=O) groups is 1. The largest absolute Gasteiger partial charge is 0.329 e. The van der Waals surface area contributed by atoms with E-state index in [4.69, 9.17) is 11.6 Å². The highest BCUT2D eigenvalue weighted by atomic mass is 35.5. The average Bonchev–Trinajstić information content (AvgIpc) is 2.93. The van der Waals surface area contributed by atoms with Crippen LogP contribution in [0.25, 0.3) is 6.08 Å². The Morgan fingerprint density at radius 1 is 1.29 bits per heavy atom. The number of hydrogen-bond acceptors (Lipinski definition) is 3. The topological polar surface area (TPSA) is 58.9 Å². The Labute approximate surface area is 147 Å². The van der Waals surface area contributed by atoms with Crippen LogP contribution < -0.4 is 4.90 Å². The van der Waals surface area contributed by atoms with Crippen LogP contribution in [-0.2, 0) is 14.6 Å². The fourth-order valence-corrected chi connectivity index (χ4v) is 5.45. The molecule has 0 radical (unpaired) electrons. The number of quaternary nitrogens is 1. The molecule has 2 saturated heterocycles. The lowest BCUT2D eigenvalue weighted by Gasteiger charge is -2.34. The van der Waals surface area contributed by atoms with Crippen molar-refractivity contribution in [2.75, 3.05) is 37.7 Å². The number of halogens is 1. The van der Waals surface area contributed by atoms with Crippen LogP contribution in [0, 0.1) is 0 Å². The number of nitrogens with zero attached hydrogens (tertiary/aromatic N) is 1. The first-order valence-electron chi connectivity index (χ1n) is 8.20. The molecule has 1 N–H and O–H groups in total. The van der Waals surface area contributed by atoms with Crippen molar-refractivity contribution in [3.63, 3.8) is 0 Å². The third-order valence-corrected chi connectivity index (χ3v) is 6.80. The second-order valence-electron chi connectivity index (χ2n) is 6.47. The Morgan fingerprint density at radius 2 is 2.04 bits per heavy atom. The standard InChI is InChI=1S/C17H21ClN2O3S/c18-15-3-1-2-14(12-15)4-5-17(21)20-9-7-19(8-10-20)16-6-11-24(22,23)13-16/h1-5,12,16H,6-11,13H2/p+1/b5-4+/t16-/m0/s1. The summed E-state index contributed by atoms with van der Waals surface area (Å²) < 4.78 is 23.2. The molecule has 2 fully saturated rings. The van der Waals surface area contributed by atoms with E-state index < -0.39 is 9.84 Å². The lowest BCUT2D eigenvalue weighted by atomic mass is 10.2. The number of rotatable bonds is 3. The van der Waals surface area contributed by atoms with Crippen LogP contribution >= 0.6 is 11.6 Å². The van der Waals surface area contributed by atoms with Gasteiger partial charge in [-0.3, -0.25) is 4.79 Å². The number of nitrogens with one attached hydrogen (secondary N) is 1. The third-order valence-electron chi connectivity index (χ3n) is 4.79. The van der Waals surface area contributed by atoms with Crippen molar-refractivity contribution in [1.82, 2.24) is 4.90 Å². The van der Waals surface area contributed by atoms with Crippen LogP contribution in [0.5, 0.6) is 0 Å². The highest BCUT2D eigenvalue weighted by molar-refractivity contribution is 7.91. The van der Waals surface area contributed by atoms with E-state index >= 15 is 0 Å². The highest BCUT2D eigenvalue weighted by Crippen LogP contribution is 2.12. The summed E-state index contributed by atoms with van der Waals surface area (Å²) in [6.45, 7) is 2.98. The van der Waals surface area contributed by atoms with Crippen molar-refractivity contribution < 1.29 is 18.1 Å². The minimum atomic E-state index is -2.84. The third kappa shape index (κ3) is 4.37. The first-order chi connectivity index (χ1) is 11.4. The first kappa shape index (κ1) is 17.5. The van der Waals surface area contributed by atoms with E-state index in [1.165, 1.54) is 4.90 Å². The van der Waals surface area contributed by atoms with Crippen molar-refractivity contribution in [2.45, 2.75) is 12.5 Å². The van der Waals surface area contributed by atoms with Gasteiger partial charge in [0, 0.05) is 17.5 Å². The van der Waals surface area contributed by atoms with Gasteiger partial charge in [-0.15, -0.1) is 0 Å². The maximum absolute atomic E-state index is 12.3. The molecule has 0 unspecified atom stereocenters. The molecular weight excluding hydrogens is 348 g/mol. The predicted octanol–water partition coefficient (Wildman–Crippen LogP) is 0.267. The summed E-state index contributed by atoms with van der Waals surface area (Å²) in [5, 5.41) is 0.647. The molecule has 0 bridgehead atoms. The van der Waals surface area contributed by atoms with E-state index in [1.54, 1.807) is 18.2 Å². The molecule has 1 aromatic carbocycles. The molecule has 1 aromatic rings. The molecule has 2 heterocycles. The van der Waals surface area contributed by atoms with E-state index in [1.807, 2.05) is 23.1 Å². The maximum Gasteiger partial charge on any atom is 0.246 e. The number of sulfone groups is 1. The number of carbonyl (C=O) groups excluding carboxylic acids is 1. The summed E-state index contributed by atoms with van der Waals surface area (Å²) in [5.74, 6) is 0.602. The highest BCUT2D eigenvalue weighted by Gasteiger charge is 2.37. The quantitative estimate of drug-likeness (QED) is 0.778. The van der Waals surface area contributed by atoms with E-state index in [0.29, 0.717) is 29.6 Å². The molecule has 2 aliphatic heterocycles. The van der Waals surface area contributed by atoms with Gasteiger partial charge in [0.05, 0.1) is 31.9 Å². The zero-order valence-electron chi connectivity index (χ0n) is 13.4. The minimum Gasteiger partial charge on any atom is -0.329 e. The van der Waals surface area contributed by atoms with E-state index in [2.05, 4.69) is 0 Å². The number of benzene rings is 1. The first-order valence-corrected chi connectivity index (χ1v) is 10.4. The van der Waals surface area contributed by atoms with Gasteiger partial charge < -0.3 is 9.80 Å². The van der Waals surface area contributed by atoms with Gasteiger partial charge in [0.2, 0.25) is 5.91 Å². The summed E-state index contributed by atoms with van der Waals surface area (Å²) in [7, 11) is -2.84. The van der Waals surface area contributed by atoms with Gasteiger partial charge in [-0.25, -0.2) is 8.42 Å². The lowest BCUT2D eigenvalue weighted by Crippen LogP contribution is -3.18. The smallest absolute Gasteiger partial charge is 0.246 e. The maximum atomic E-state index is 12.3. The summed E-state index contributed by atoms with van der Waals surface area (Å²) in [5.41, 5.74) is 0.899. The molecule has 24 heavy (non-hydrogen) atoms. The summed E-state index contributed by atoms with van der Waals surface area (Å²) in [4.78, 5) is 15.4. The van der Waals surface area contributed by atoms with Crippen LogP contribution in [-0.4, -0.2) is 63.0 Å². The number of amides is 1. The van der Waals surface area contributed by atoms with E-state index in [9.17, 15) is 13.2 Å². The number of piperazine rings is 1. The minimum absolute atomic E-state index is 0.00642. The van der Waals surface area contributed by atoms with E-state index in [-0.39, 0.29) is 11.9 Å². The van der Waals surface area contributed by atoms with Crippen LogP contribution in [0.3, 0.4) is 0 Å². The zero-order valence-corrected chi connectivity index (χ0v) is 15.0. The number of hydrogen-bond donors (Lipinski definition) is 1. The Balaban J connectivity index is 1.52. The summed E-state index contributed by atoms with van der Waals surface area (Å²) in [6.07, 6.45) is 4.11. The SMILES string of the molecule is O=C(/C=C/c1cccc(Cl)c1)N1CC[NH+]([C@H]2CCS(=O)(=O)C2)CC1. The zero-order chi connectivity index (χ0) is 17.2. The Hall–Kier alpha value is -1.37. The molecule has 0 aromatic heterocycles. The van der Waals surface area contributed by atoms with Crippen LogP contribution in [0.15, 0.2) is 30.3 Å². The van der Waals surface area contributed by atoms with Gasteiger partial charge in [-0.2, -0.15) is 0 Å². The van der Waals surface area contributed by atoms with Gasteiger partial charge in [0.25, 0.3) is 0 Å². The normalized spacial score (nSPS) is 24.5. The Bertz CT molecular complexity index is 740. The average molecular weight is 370 g/mol. The van der Waals surface area contributed by atoms with Crippen LogP contribution in [0.4, 0.5) is 0 Å². The van der Waals surface area contributed by atoms with Gasteiger partial charge in [-0.1, -0.05) is 23.7 Å². The fraction of sp³-hybridized carbons (Fsp3) is 0.471. The molecule has 7 heteroatoms. The fourth-order valence-electron chi connectivity index (χ4n) is 3.42. The van der Waals surface area contributed by atoms with E-state index in [0.717, 1.165) is 25.1 Å². The molecule has 1 atom stereocenters. The van der Waals surface area contributed by atoms with Crippen molar-refractivity contribution in [2.24, 2.45) is 0 Å². The molecule has 2 aliphatic rings. The second-order valence-corrected chi connectivity index (χ2v) is 9.14. The molecule has 0 spiro atoms. The Morgan fingerprint density at radius 3 is 2.67 bits per heavy atom. The van der Waals surface area contributed by atoms with Crippen molar-refractivity contribution >= 4 is 33.4 Å². The van der Waals surface area contributed by atoms with Crippen molar-refractivity contribution in [1.29, 1.82) is 0 Å². The molecule has 0 saturated carbocycles. The van der Waals surface area contributed by atoms with Gasteiger partial charge in [-0.05, 0) is 23.8 Å². The summed E-state index contributed by atoms with van der Waals surface area (Å²) >= 11 is 5.93. The molecule has 0 aliphatic carbocycles. The molecule has 3 rings (SSSR count).